The molecule has 2 N–H and O–H groups in total. The molecule has 0 aliphatic heterocycles. The molecule has 1 aliphatic rings. The van der Waals surface area contributed by atoms with Crippen LogP contribution in [0.4, 0.5) is 0 Å². The number of carbonyl (C=O) groups is 1. The summed E-state index contributed by atoms with van der Waals surface area (Å²) in [6, 6.07) is 9.26. The number of nitrogens with zero attached hydrogens (tertiary/aromatic N) is 2. The first kappa shape index (κ1) is 14.3. The molecular formula is C15H17N3O2S. The SMILES string of the molecule is NC1(c2noc(CSCC(=O)c3ccccc3)n2)CCC1. The van der Waals surface area contributed by atoms with Crippen molar-refractivity contribution >= 4 is 17.5 Å². The third-order valence-corrected chi connectivity index (χ3v) is 4.63. The van der Waals surface area contributed by atoms with Gasteiger partial charge in [0.1, 0.15) is 0 Å². The van der Waals surface area contributed by atoms with Gasteiger partial charge in [-0.3, -0.25) is 4.79 Å². The third kappa shape index (κ3) is 3.16. The first-order valence-electron chi connectivity index (χ1n) is 6.95. The van der Waals surface area contributed by atoms with Crippen molar-refractivity contribution in [3.63, 3.8) is 0 Å². The van der Waals surface area contributed by atoms with Crippen LogP contribution in [-0.4, -0.2) is 21.7 Å². The van der Waals surface area contributed by atoms with Crippen LogP contribution in [0.5, 0.6) is 0 Å². The van der Waals surface area contributed by atoms with Crippen molar-refractivity contribution in [1.29, 1.82) is 0 Å². The number of carbonyl (C=O) groups excluding carboxylic acids is 1. The van der Waals surface area contributed by atoms with Crippen LogP contribution in [0.25, 0.3) is 0 Å². The molecule has 0 spiro atoms. The molecular weight excluding hydrogens is 286 g/mol. The lowest BCUT2D eigenvalue weighted by Crippen LogP contribution is -2.44. The lowest BCUT2D eigenvalue weighted by molar-refractivity contribution is 0.102. The molecule has 21 heavy (non-hydrogen) atoms. The largest absolute Gasteiger partial charge is 0.338 e. The predicted octanol–water partition coefficient (Wildman–Crippen LogP) is 2.52. The number of hydrogen-bond acceptors (Lipinski definition) is 6. The van der Waals surface area contributed by atoms with Crippen molar-refractivity contribution in [2.24, 2.45) is 5.73 Å². The zero-order chi connectivity index (χ0) is 14.7. The third-order valence-electron chi connectivity index (χ3n) is 3.71. The molecule has 0 saturated heterocycles. The maximum Gasteiger partial charge on any atom is 0.236 e. The molecule has 110 valence electrons. The number of thioether (sulfide) groups is 1. The maximum absolute atomic E-state index is 11.9. The standard InChI is InChI=1S/C15H17N3O2S/c16-15(7-4-8-15)14-17-13(20-18-14)10-21-9-12(19)11-5-2-1-3-6-11/h1-3,5-6H,4,7-10,16H2. The highest BCUT2D eigenvalue weighted by atomic mass is 32.2. The van der Waals surface area contributed by atoms with Crippen molar-refractivity contribution in [2.45, 2.75) is 30.6 Å². The molecule has 1 aliphatic carbocycles. The Hall–Kier alpha value is -1.66. The minimum Gasteiger partial charge on any atom is -0.338 e. The van der Waals surface area contributed by atoms with Crippen molar-refractivity contribution in [1.82, 2.24) is 10.1 Å². The molecule has 1 aromatic heterocycles. The van der Waals surface area contributed by atoms with E-state index in [-0.39, 0.29) is 5.78 Å². The molecule has 1 heterocycles. The van der Waals surface area contributed by atoms with Crippen molar-refractivity contribution < 1.29 is 9.32 Å². The molecule has 2 aromatic rings. The van der Waals surface area contributed by atoms with Gasteiger partial charge in [0, 0.05) is 5.56 Å². The molecule has 1 aromatic carbocycles. The van der Waals surface area contributed by atoms with Gasteiger partial charge in [-0.2, -0.15) is 4.98 Å². The summed E-state index contributed by atoms with van der Waals surface area (Å²) < 4.78 is 5.20. The number of ketones is 1. The van der Waals surface area contributed by atoms with Crippen LogP contribution >= 0.6 is 11.8 Å². The number of rotatable bonds is 6. The monoisotopic (exact) mass is 303 g/mol. The van der Waals surface area contributed by atoms with Gasteiger partial charge < -0.3 is 10.3 Å². The van der Waals surface area contributed by atoms with Crippen LogP contribution in [0.3, 0.4) is 0 Å². The molecule has 1 fully saturated rings. The number of benzene rings is 1. The van der Waals surface area contributed by atoms with Crippen LogP contribution in [0.15, 0.2) is 34.9 Å². The number of hydrogen-bond donors (Lipinski definition) is 1. The van der Waals surface area contributed by atoms with Crippen LogP contribution in [-0.2, 0) is 11.3 Å². The van der Waals surface area contributed by atoms with Gasteiger partial charge in [0.05, 0.1) is 17.0 Å². The zero-order valence-corrected chi connectivity index (χ0v) is 12.4. The second-order valence-electron chi connectivity index (χ2n) is 5.30. The van der Waals surface area contributed by atoms with Gasteiger partial charge in [-0.05, 0) is 19.3 Å². The van der Waals surface area contributed by atoms with E-state index < -0.39 is 5.54 Å². The molecule has 5 nitrogen and oxygen atoms in total. The summed E-state index contributed by atoms with van der Waals surface area (Å²) in [6.07, 6.45) is 2.93. The van der Waals surface area contributed by atoms with E-state index in [1.165, 1.54) is 11.8 Å². The Labute approximate surface area is 127 Å². The van der Waals surface area contributed by atoms with E-state index in [0.29, 0.717) is 23.2 Å². The van der Waals surface area contributed by atoms with E-state index >= 15 is 0 Å². The second-order valence-corrected chi connectivity index (χ2v) is 6.29. The van der Waals surface area contributed by atoms with Gasteiger partial charge in [0.15, 0.2) is 11.6 Å². The van der Waals surface area contributed by atoms with Crippen molar-refractivity contribution in [3.8, 4) is 0 Å². The number of Topliss-reactive ketones (excluding diaryl/α,β-unsaturated/α-hetero) is 1. The van der Waals surface area contributed by atoms with Gasteiger partial charge in [-0.1, -0.05) is 35.5 Å². The first-order valence-corrected chi connectivity index (χ1v) is 8.11. The molecule has 0 radical (unpaired) electrons. The van der Waals surface area contributed by atoms with Gasteiger partial charge in [-0.15, -0.1) is 11.8 Å². The Morgan fingerprint density at radius 3 is 2.76 bits per heavy atom. The average molecular weight is 303 g/mol. The lowest BCUT2D eigenvalue weighted by atomic mass is 9.77. The van der Waals surface area contributed by atoms with Gasteiger partial charge >= 0.3 is 0 Å². The van der Waals surface area contributed by atoms with E-state index in [9.17, 15) is 4.79 Å². The Kier molecular flexibility index (Phi) is 4.07. The molecule has 1 saturated carbocycles. The summed E-state index contributed by atoms with van der Waals surface area (Å²) in [5, 5.41) is 3.96. The fraction of sp³-hybridized carbons (Fsp3) is 0.400. The topological polar surface area (TPSA) is 82.0 Å². The highest BCUT2D eigenvalue weighted by Gasteiger charge is 2.38. The van der Waals surface area contributed by atoms with Gasteiger partial charge in [-0.25, -0.2) is 0 Å². The number of nitrogens with two attached hydrogens (primary N) is 1. The minimum atomic E-state index is -0.397. The second kappa shape index (κ2) is 5.99. The summed E-state index contributed by atoms with van der Waals surface area (Å²) in [7, 11) is 0. The van der Waals surface area contributed by atoms with Gasteiger partial charge in [0.25, 0.3) is 0 Å². The average Bonchev–Trinajstić information content (AvgIpc) is 2.95. The van der Waals surface area contributed by atoms with Gasteiger partial charge in [0.2, 0.25) is 5.89 Å². The molecule has 0 atom stereocenters. The van der Waals surface area contributed by atoms with Crippen molar-refractivity contribution in [3.05, 3.63) is 47.6 Å². The Morgan fingerprint density at radius 2 is 2.10 bits per heavy atom. The van der Waals surface area contributed by atoms with Crippen LogP contribution < -0.4 is 5.73 Å². The summed E-state index contributed by atoms with van der Waals surface area (Å²) in [5.74, 6) is 2.16. The Morgan fingerprint density at radius 1 is 1.33 bits per heavy atom. The molecule has 0 bridgehead atoms. The lowest BCUT2D eigenvalue weighted by Gasteiger charge is -2.34. The summed E-state index contributed by atoms with van der Waals surface area (Å²) >= 11 is 1.47. The molecule has 0 amide bonds. The van der Waals surface area contributed by atoms with E-state index in [1.807, 2.05) is 30.3 Å². The van der Waals surface area contributed by atoms with E-state index in [1.54, 1.807) is 0 Å². The zero-order valence-electron chi connectivity index (χ0n) is 11.6. The maximum atomic E-state index is 11.9. The Balaban J connectivity index is 1.51. The van der Waals surface area contributed by atoms with E-state index in [0.717, 1.165) is 24.8 Å². The minimum absolute atomic E-state index is 0.106. The van der Waals surface area contributed by atoms with E-state index in [2.05, 4.69) is 10.1 Å². The smallest absolute Gasteiger partial charge is 0.236 e. The van der Waals surface area contributed by atoms with Crippen LogP contribution in [0.2, 0.25) is 0 Å². The molecule has 3 rings (SSSR count). The Bertz CT molecular complexity index is 623. The summed E-state index contributed by atoms with van der Waals surface area (Å²) in [5.41, 5.74) is 6.48. The quantitative estimate of drug-likeness (QED) is 0.826. The van der Waals surface area contributed by atoms with Crippen LogP contribution in [0, 0.1) is 0 Å². The number of aromatic nitrogens is 2. The normalized spacial score (nSPS) is 16.4. The fourth-order valence-electron chi connectivity index (χ4n) is 2.24. The summed E-state index contributed by atoms with van der Waals surface area (Å²) in [6.45, 7) is 0. The highest BCUT2D eigenvalue weighted by molar-refractivity contribution is 7.99. The van der Waals surface area contributed by atoms with Crippen LogP contribution in [0.1, 0.15) is 41.3 Å². The highest BCUT2D eigenvalue weighted by Crippen LogP contribution is 2.37. The van der Waals surface area contributed by atoms with E-state index in [4.69, 9.17) is 10.3 Å². The molecule has 6 heteroatoms. The van der Waals surface area contributed by atoms with Crippen molar-refractivity contribution in [2.75, 3.05) is 5.75 Å². The molecule has 0 unspecified atom stereocenters. The predicted molar refractivity (Wildman–Crippen MR) is 80.9 cm³/mol. The fourth-order valence-corrected chi connectivity index (χ4v) is 2.98. The summed E-state index contributed by atoms with van der Waals surface area (Å²) in [4.78, 5) is 16.3. The first-order chi connectivity index (χ1) is 10.2.